The molecule has 3 aromatic rings. The van der Waals surface area contributed by atoms with Crippen molar-refractivity contribution in [1.29, 1.82) is 0 Å². The van der Waals surface area contributed by atoms with Crippen molar-refractivity contribution in [1.82, 2.24) is 14.3 Å². The lowest BCUT2D eigenvalue weighted by Crippen LogP contribution is -2.52. The molecule has 1 aliphatic heterocycles. The molecule has 30 heavy (non-hydrogen) atoms. The molecule has 8 heteroatoms. The number of likely N-dealkylation sites (tertiary alicyclic amines) is 1. The highest BCUT2D eigenvalue weighted by Gasteiger charge is 2.45. The zero-order chi connectivity index (χ0) is 21.3. The molecule has 0 spiro atoms. The first-order valence-electron chi connectivity index (χ1n) is 10.1. The van der Waals surface area contributed by atoms with E-state index in [0.717, 1.165) is 4.96 Å². The second kappa shape index (κ2) is 8.18. The maximum Gasteiger partial charge on any atom is 0.314 e. The molecule has 0 radical (unpaired) electrons. The first kappa shape index (κ1) is 20.5. The Labute approximate surface area is 178 Å². The predicted octanol–water partition coefficient (Wildman–Crippen LogP) is 3.87. The number of amides is 1. The highest BCUT2D eigenvalue weighted by molar-refractivity contribution is 7.15. The quantitative estimate of drug-likeness (QED) is 0.578. The van der Waals surface area contributed by atoms with E-state index in [1.165, 1.54) is 17.4 Å². The van der Waals surface area contributed by atoms with Gasteiger partial charge >= 0.3 is 5.97 Å². The largest absolute Gasteiger partial charge is 0.466 e. The van der Waals surface area contributed by atoms with Gasteiger partial charge in [-0.25, -0.2) is 9.37 Å². The summed E-state index contributed by atoms with van der Waals surface area (Å²) in [5.74, 6) is -0.895. The Morgan fingerprint density at radius 1 is 1.33 bits per heavy atom. The van der Waals surface area contributed by atoms with E-state index in [2.05, 4.69) is 4.98 Å². The highest BCUT2D eigenvalue weighted by atomic mass is 32.1. The first-order chi connectivity index (χ1) is 14.4. The van der Waals surface area contributed by atoms with Crippen LogP contribution in [0.3, 0.4) is 0 Å². The summed E-state index contributed by atoms with van der Waals surface area (Å²) in [5.41, 5.74) is 0.657. The Balaban J connectivity index is 1.67. The van der Waals surface area contributed by atoms with E-state index in [9.17, 15) is 14.0 Å². The Morgan fingerprint density at radius 3 is 2.90 bits per heavy atom. The lowest BCUT2D eigenvalue weighted by atomic mass is 9.74. The number of benzene rings is 1. The molecule has 1 amide bonds. The van der Waals surface area contributed by atoms with E-state index in [4.69, 9.17) is 4.74 Å². The van der Waals surface area contributed by atoms with Crippen LogP contribution in [0.1, 0.15) is 41.5 Å². The molecular weight excluding hydrogens is 405 g/mol. The van der Waals surface area contributed by atoms with Crippen molar-refractivity contribution in [2.75, 3.05) is 19.7 Å². The van der Waals surface area contributed by atoms with Gasteiger partial charge in [-0.1, -0.05) is 18.2 Å². The molecule has 0 unspecified atom stereocenters. The van der Waals surface area contributed by atoms with Gasteiger partial charge in [0.05, 0.1) is 17.7 Å². The van der Waals surface area contributed by atoms with E-state index >= 15 is 0 Å². The molecule has 6 nitrogen and oxygen atoms in total. The minimum atomic E-state index is -0.974. The number of ether oxygens (including phenoxy) is 1. The van der Waals surface area contributed by atoms with Crippen LogP contribution in [0.25, 0.3) is 4.96 Å². The van der Waals surface area contributed by atoms with Crippen LogP contribution in [0, 0.1) is 18.2 Å². The monoisotopic (exact) mass is 429 g/mol. The number of esters is 1. The van der Waals surface area contributed by atoms with Crippen molar-refractivity contribution in [3.05, 3.63) is 58.6 Å². The lowest BCUT2D eigenvalue weighted by Gasteiger charge is -2.41. The summed E-state index contributed by atoms with van der Waals surface area (Å²) in [5, 5.41) is 1.88. The van der Waals surface area contributed by atoms with Crippen LogP contribution >= 0.6 is 11.3 Å². The maximum absolute atomic E-state index is 14.4. The van der Waals surface area contributed by atoms with E-state index in [1.807, 2.05) is 18.5 Å². The van der Waals surface area contributed by atoms with E-state index in [0.29, 0.717) is 36.3 Å². The van der Waals surface area contributed by atoms with Gasteiger partial charge in [-0.3, -0.25) is 14.0 Å². The fraction of sp³-hybridized carbons (Fsp3) is 0.409. The van der Waals surface area contributed by atoms with E-state index in [1.54, 1.807) is 34.4 Å². The fourth-order valence-corrected chi connectivity index (χ4v) is 5.04. The Kier molecular flexibility index (Phi) is 5.60. The minimum absolute atomic E-state index is 0.166. The van der Waals surface area contributed by atoms with Crippen LogP contribution < -0.4 is 0 Å². The van der Waals surface area contributed by atoms with Crippen molar-refractivity contribution < 1.29 is 18.7 Å². The van der Waals surface area contributed by atoms with Crippen molar-refractivity contribution in [3.8, 4) is 0 Å². The van der Waals surface area contributed by atoms with Gasteiger partial charge < -0.3 is 9.64 Å². The highest BCUT2D eigenvalue weighted by Crippen LogP contribution is 2.37. The number of aryl methyl sites for hydroxylation is 1. The SMILES string of the molecule is CCOC(=O)[C@]1(Cc2ccccc2F)CCCN(C(=O)c2c(C)nc3sccn23)C1. The zero-order valence-corrected chi connectivity index (χ0v) is 17.9. The summed E-state index contributed by atoms with van der Waals surface area (Å²) in [6, 6.07) is 6.46. The van der Waals surface area contributed by atoms with Crippen molar-refractivity contribution in [2.24, 2.45) is 5.41 Å². The van der Waals surface area contributed by atoms with Crippen LogP contribution in [-0.2, 0) is 16.0 Å². The molecule has 3 heterocycles. The van der Waals surface area contributed by atoms with Crippen LogP contribution in [0.15, 0.2) is 35.8 Å². The van der Waals surface area contributed by atoms with Crippen LogP contribution in [-0.4, -0.2) is 45.9 Å². The van der Waals surface area contributed by atoms with Gasteiger partial charge in [0.25, 0.3) is 5.91 Å². The predicted molar refractivity (Wildman–Crippen MR) is 112 cm³/mol. The third kappa shape index (κ3) is 3.60. The lowest BCUT2D eigenvalue weighted by molar-refractivity contribution is -0.158. The van der Waals surface area contributed by atoms with Gasteiger partial charge in [-0.2, -0.15) is 0 Å². The van der Waals surface area contributed by atoms with Crippen LogP contribution in [0.4, 0.5) is 4.39 Å². The van der Waals surface area contributed by atoms with Crippen molar-refractivity contribution in [3.63, 3.8) is 0 Å². The summed E-state index contributed by atoms with van der Waals surface area (Å²) >= 11 is 1.47. The van der Waals surface area contributed by atoms with E-state index < -0.39 is 5.41 Å². The third-order valence-electron chi connectivity index (χ3n) is 5.70. The molecule has 1 aromatic carbocycles. The van der Waals surface area contributed by atoms with Crippen molar-refractivity contribution >= 4 is 28.2 Å². The number of carbonyl (C=O) groups is 2. The molecule has 158 valence electrons. The second-order valence-electron chi connectivity index (χ2n) is 7.70. The molecule has 2 aromatic heterocycles. The molecule has 1 fully saturated rings. The Bertz CT molecular complexity index is 1090. The van der Waals surface area contributed by atoms with Gasteiger partial charge in [0.15, 0.2) is 4.96 Å². The normalized spacial score (nSPS) is 19.2. The van der Waals surface area contributed by atoms with Crippen molar-refractivity contribution in [2.45, 2.75) is 33.1 Å². The third-order valence-corrected chi connectivity index (χ3v) is 6.45. The standard InChI is InChI=1S/C22H24FN3O3S/c1-3-29-20(28)22(13-16-7-4-5-8-17(16)23)9-6-10-25(14-22)19(27)18-15(2)24-21-26(18)11-12-30-21/h4-5,7-8,11-12H,3,6,9-10,13-14H2,1-2H3/t22-/m0/s1. The average Bonchev–Trinajstić information content (AvgIpc) is 3.29. The minimum Gasteiger partial charge on any atom is -0.466 e. The summed E-state index contributed by atoms with van der Waals surface area (Å²) < 4.78 is 21.6. The number of aromatic nitrogens is 2. The number of imidazole rings is 1. The Morgan fingerprint density at radius 2 is 2.13 bits per heavy atom. The summed E-state index contributed by atoms with van der Waals surface area (Å²) in [6.07, 6.45) is 3.21. The number of rotatable bonds is 5. The summed E-state index contributed by atoms with van der Waals surface area (Å²) in [4.78, 5) is 33.4. The topological polar surface area (TPSA) is 63.9 Å². The van der Waals surface area contributed by atoms with E-state index in [-0.39, 0.29) is 37.3 Å². The van der Waals surface area contributed by atoms with Gasteiger partial charge in [0.1, 0.15) is 11.5 Å². The van der Waals surface area contributed by atoms with Crippen LogP contribution in [0.5, 0.6) is 0 Å². The van der Waals surface area contributed by atoms with Crippen LogP contribution in [0.2, 0.25) is 0 Å². The number of nitrogens with zero attached hydrogens (tertiary/aromatic N) is 3. The molecule has 1 atom stereocenters. The molecular formula is C22H24FN3O3S. The summed E-state index contributed by atoms with van der Waals surface area (Å²) in [7, 11) is 0. The number of hydrogen-bond acceptors (Lipinski definition) is 5. The van der Waals surface area contributed by atoms with Gasteiger partial charge in [-0.05, 0) is 44.7 Å². The molecule has 0 bridgehead atoms. The molecule has 1 saturated heterocycles. The number of thiazole rings is 1. The Hall–Kier alpha value is -2.74. The van der Waals surface area contributed by atoms with Gasteiger partial charge in [0, 0.05) is 24.7 Å². The molecule has 0 aliphatic carbocycles. The number of fused-ring (bicyclic) bond motifs is 1. The zero-order valence-electron chi connectivity index (χ0n) is 17.1. The molecule has 0 saturated carbocycles. The molecule has 4 rings (SSSR count). The average molecular weight is 430 g/mol. The molecule has 0 N–H and O–H groups in total. The first-order valence-corrected chi connectivity index (χ1v) is 11.0. The smallest absolute Gasteiger partial charge is 0.314 e. The fourth-order valence-electron chi connectivity index (χ4n) is 4.28. The maximum atomic E-state index is 14.4. The molecule has 1 aliphatic rings. The summed E-state index contributed by atoms with van der Waals surface area (Å²) in [6.45, 7) is 4.53. The second-order valence-corrected chi connectivity index (χ2v) is 8.57. The number of piperidine rings is 1. The van der Waals surface area contributed by atoms with Gasteiger partial charge in [-0.15, -0.1) is 11.3 Å². The van der Waals surface area contributed by atoms with Gasteiger partial charge in [0.2, 0.25) is 0 Å². The number of hydrogen-bond donors (Lipinski definition) is 0. The number of carbonyl (C=O) groups excluding carboxylic acids is 2. The number of halogens is 1.